The van der Waals surface area contributed by atoms with Gasteiger partial charge in [0.25, 0.3) is 0 Å². The fourth-order valence-electron chi connectivity index (χ4n) is 3.41. The number of hydrogen-bond acceptors (Lipinski definition) is 1. The van der Waals surface area contributed by atoms with Gasteiger partial charge in [0.05, 0.1) is 0 Å². The van der Waals surface area contributed by atoms with Gasteiger partial charge in [-0.05, 0) is 60.9 Å². The number of carboxylic acids is 1. The molecule has 0 fully saturated rings. The Hall–Kier alpha value is -2.03. The first-order valence-corrected chi connectivity index (χ1v) is 8.80. The van der Waals surface area contributed by atoms with Crippen LogP contribution in [0, 0.1) is 11.8 Å². The lowest BCUT2D eigenvalue weighted by atomic mass is 9.95. The van der Waals surface area contributed by atoms with Gasteiger partial charge in [-0.15, -0.1) is 0 Å². The number of benzene rings is 1. The molecule has 0 spiro atoms. The van der Waals surface area contributed by atoms with Crippen LogP contribution in [0.5, 0.6) is 0 Å². The molecule has 0 saturated heterocycles. The van der Waals surface area contributed by atoms with Gasteiger partial charge in [0.2, 0.25) is 0 Å². The van der Waals surface area contributed by atoms with E-state index in [1.807, 2.05) is 13.0 Å². The van der Waals surface area contributed by atoms with Crippen molar-refractivity contribution in [1.29, 1.82) is 0 Å². The summed E-state index contributed by atoms with van der Waals surface area (Å²) in [6.45, 7) is 10.9. The van der Waals surface area contributed by atoms with E-state index in [2.05, 4.69) is 56.7 Å². The zero-order chi connectivity index (χ0) is 17.9. The molecule has 1 aromatic carbocycles. The highest BCUT2D eigenvalue weighted by atomic mass is 16.4. The van der Waals surface area contributed by atoms with Gasteiger partial charge >= 0.3 is 5.97 Å². The molecular weight excluding hydrogens is 298 g/mol. The SMILES string of the molecule is CC(=CC(=O)O)c1ccc2c(ccn2C(CC(C)C)CC(C)C)c1. The molecule has 130 valence electrons. The summed E-state index contributed by atoms with van der Waals surface area (Å²) < 4.78 is 2.40. The minimum Gasteiger partial charge on any atom is -0.478 e. The van der Waals surface area contributed by atoms with Crippen molar-refractivity contribution >= 4 is 22.4 Å². The summed E-state index contributed by atoms with van der Waals surface area (Å²) >= 11 is 0. The van der Waals surface area contributed by atoms with Crippen molar-refractivity contribution in [2.75, 3.05) is 0 Å². The van der Waals surface area contributed by atoms with E-state index >= 15 is 0 Å². The van der Waals surface area contributed by atoms with Crippen LogP contribution in [0.25, 0.3) is 16.5 Å². The van der Waals surface area contributed by atoms with E-state index in [1.165, 1.54) is 29.8 Å². The molecule has 0 amide bonds. The first kappa shape index (κ1) is 18.3. The van der Waals surface area contributed by atoms with Crippen LogP contribution < -0.4 is 0 Å². The third kappa shape index (κ3) is 4.50. The van der Waals surface area contributed by atoms with E-state index < -0.39 is 5.97 Å². The number of rotatable bonds is 7. The molecule has 2 aromatic rings. The largest absolute Gasteiger partial charge is 0.478 e. The number of fused-ring (bicyclic) bond motifs is 1. The van der Waals surface area contributed by atoms with Gasteiger partial charge in [0.15, 0.2) is 0 Å². The highest BCUT2D eigenvalue weighted by molar-refractivity contribution is 5.91. The number of aliphatic carboxylic acids is 1. The van der Waals surface area contributed by atoms with E-state index in [0.29, 0.717) is 17.9 Å². The van der Waals surface area contributed by atoms with Gasteiger partial charge in [0.1, 0.15) is 0 Å². The maximum Gasteiger partial charge on any atom is 0.328 e. The van der Waals surface area contributed by atoms with Gasteiger partial charge < -0.3 is 9.67 Å². The number of allylic oxidation sites excluding steroid dienone is 1. The quantitative estimate of drug-likeness (QED) is 0.657. The second kappa shape index (κ2) is 7.69. The van der Waals surface area contributed by atoms with E-state index in [4.69, 9.17) is 5.11 Å². The normalized spacial score (nSPS) is 12.8. The Labute approximate surface area is 145 Å². The maximum atomic E-state index is 10.9. The van der Waals surface area contributed by atoms with Gasteiger partial charge in [-0.3, -0.25) is 0 Å². The van der Waals surface area contributed by atoms with Crippen LogP contribution in [0.3, 0.4) is 0 Å². The molecule has 1 heterocycles. The van der Waals surface area contributed by atoms with Crippen LogP contribution in [0.15, 0.2) is 36.5 Å². The molecule has 2 rings (SSSR count). The lowest BCUT2D eigenvalue weighted by molar-refractivity contribution is -0.131. The number of hydrogen-bond donors (Lipinski definition) is 1. The van der Waals surface area contributed by atoms with Crippen LogP contribution in [-0.2, 0) is 4.79 Å². The van der Waals surface area contributed by atoms with Gasteiger partial charge in [-0.2, -0.15) is 0 Å². The van der Waals surface area contributed by atoms with Crippen molar-refractivity contribution in [2.24, 2.45) is 11.8 Å². The fourth-order valence-corrected chi connectivity index (χ4v) is 3.41. The molecule has 24 heavy (non-hydrogen) atoms. The minimum atomic E-state index is -0.904. The van der Waals surface area contributed by atoms with Gasteiger partial charge in [-0.25, -0.2) is 4.79 Å². The molecule has 0 bridgehead atoms. The summed E-state index contributed by atoms with van der Waals surface area (Å²) in [6, 6.07) is 8.87. The monoisotopic (exact) mass is 327 g/mol. The molecule has 0 saturated carbocycles. The summed E-state index contributed by atoms with van der Waals surface area (Å²) in [7, 11) is 0. The average Bonchev–Trinajstić information content (AvgIpc) is 2.87. The number of carbonyl (C=O) groups is 1. The van der Waals surface area contributed by atoms with Crippen molar-refractivity contribution in [3.05, 3.63) is 42.1 Å². The number of carboxylic acid groups (broad SMARTS) is 1. The lowest BCUT2D eigenvalue weighted by Gasteiger charge is -2.24. The number of nitrogens with zero attached hydrogens (tertiary/aromatic N) is 1. The highest BCUT2D eigenvalue weighted by Crippen LogP contribution is 2.31. The fraction of sp³-hybridized carbons (Fsp3) is 0.476. The summed E-state index contributed by atoms with van der Waals surface area (Å²) in [5, 5.41) is 10.1. The molecule has 1 N–H and O–H groups in total. The summed E-state index contributed by atoms with van der Waals surface area (Å²) in [5.74, 6) is 0.413. The Balaban J connectivity index is 2.40. The average molecular weight is 327 g/mol. The Kier molecular flexibility index (Phi) is 5.87. The topological polar surface area (TPSA) is 42.2 Å². The Morgan fingerprint density at radius 1 is 1.12 bits per heavy atom. The Morgan fingerprint density at radius 3 is 2.29 bits per heavy atom. The third-order valence-corrected chi connectivity index (χ3v) is 4.40. The molecule has 0 aliphatic rings. The van der Waals surface area contributed by atoms with E-state index in [9.17, 15) is 4.79 Å². The first-order chi connectivity index (χ1) is 11.3. The van der Waals surface area contributed by atoms with Crippen molar-refractivity contribution in [2.45, 2.75) is 53.5 Å². The highest BCUT2D eigenvalue weighted by Gasteiger charge is 2.16. The molecule has 3 heteroatoms. The predicted molar refractivity (Wildman–Crippen MR) is 101 cm³/mol. The Morgan fingerprint density at radius 2 is 1.75 bits per heavy atom. The molecule has 0 radical (unpaired) electrons. The van der Waals surface area contributed by atoms with Crippen LogP contribution in [0.4, 0.5) is 0 Å². The smallest absolute Gasteiger partial charge is 0.328 e. The first-order valence-electron chi connectivity index (χ1n) is 8.80. The van der Waals surface area contributed by atoms with E-state index in [0.717, 1.165) is 11.1 Å². The zero-order valence-electron chi connectivity index (χ0n) is 15.4. The lowest BCUT2D eigenvalue weighted by Crippen LogP contribution is -2.13. The zero-order valence-corrected chi connectivity index (χ0v) is 15.4. The maximum absolute atomic E-state index is 10.9. The van der Waals surface area contributed by atoms with Crippen molar-refractivity contribution in [3.63, 3.8) is 0 Å². The molecule has 0 atom stereocenters. The standard InChI is InChI=1S/C21H29NO2/c1-14(2)10-19(11-15(3)4)22-9-8-18-13-17(6-7-20(18)22)16(5)12-21(23)24/h6-9,12-15,19H,10-11H2,1-5H3,(H,23,24). The van der Waals surface area contributed by atoms with E-state index in [-0.39, 0.29) is 0 Å². The van der Waals surface area contributed by atoms with Crippen LogP contribution in [-0.4, -0.2) is 15.6 Å². The number of aromatic nitrogens is 1. The second-order valence-electron chi connectivity index (χ2n) is 7.58. The third-order valence-electron chi connectivity index (χ3n) is 4.40. The summed E-state index contributed by atoms with van der Waals surface area (Å²) in [6.07, 6.45) is 5.78. The van der Waals surface area contributed by atoms with Crippen LogP contribution in [0.2, 0.25) is 0 Å². The van der Waals surface area contributed by atoms with Crippen molar-refractivity contribution in [3.8, 4) is 0 Å². The Bertz CT molecular complexity index is 727. The van der Waals surface area contributed by atoms with Crippen molar-refractivity contribution < 1.29 is 9.90 Å². The predicted octanol–water partition coefficient (Wildman–Crippen LogP) is 5.76. The van der Waals surface area contributed by atoms with Crippen molar-refractivity contribution in [1.82, 2.24) is 4.57 Å². The molecule has 0 aliphatic carbocycles. The molecule has 1 aromatic heterocycles. The molecule has 0 unspecified atom stereocenters. The summed E-state index contributed by atoms with van der Waals surface area (Å²) in [5.41, 5.74) is 2.97. The molecule has 3 nitrogen and oxygen atoms in total. The minimum absolute atomic E-state index is 0.504. The van der Waals surface area contributed by atoms with Gasteiger partial charge in [0, 0.05) is 29.2 Å². The molecule has 0 aliphatic heterocycles. The van der Waals surface area contributed by atoms with Crippen LogP contribution >= 0.6 is 0 Å². The van der Waals surface area contributed by atoms with E-state index in [1.54, 1.807) is 0 Å². The second-order valence-corrected chi connectivity index (χ2v) is 7.58. The molecular formula is C21H29NO2. The summed E-state index contributed by atoms with van der Waals surface area (Å²) in [4.78, 5) is 10.9. The van der Waals surface area contributed by atoms with Crippen LogP contribution in [0.1, 0.15) is 59.1 Å². The van der Waals surface area contributed by atoms with Gasteiger partial charge in [-0.1, -0.05) is 33.8 Å².